The van der Waals surface area contributed by atoms with Crippen LogP contribution in [0.1, 0.15) is 84.6 Å². The SMILES string of the molecule is C=Cc1c(C)c2[nH]c1c(Br)c1nc(c(Br)c3nc(c(Br)c4[nH]c(c(C=C)c4C)c2Br)C(C)=C3CCC(=O)OC)C(CCC(=O)OC)=C1C. The Balaban J connectivity index is 2.05. The van der Waals surface area contributed by atoms with Gasteiger partial charge in [-0.3, -0.25) is 9.59 Å². The highest BCUT2D eigenvalue weighted by atomic mass is 79.9. The molecule has 5 heterocycles. The van der Waals surface area contributed by atoms with Gasteiger partial charge in [-0.15, -0.1) is 0 Å². The van der Waals surface area contributed by atoms with Gasteiger partial charge in [-0.25, -0.2) is 9.97 Å². The van der Waals surface area contributed by atoms with Crippen molar-refractivity contribution in [2.24, 2.45) is 0 Å². The lowest BCUT2D eigenvalue weighted by Crippen LogP contribution is -2.01. The quantitative estimate of drug-likeness (QED) is 0.218. The molecule has 0 unspecified atom stereocenters. The van der Waals surface area contributed by atoms with Gasteiger partial charge in [-0.2, -0.15) is 0 Å². The number of H-pyrrole nitrogens is 2. The van der Waals surface area contributed by atoms with Gasteiger partial charge in [0.05, 0.1) is 77.0 Å². The summed E-state index contributed by atoms with van der Waals surface area (Å²) in [6.07, 6.45) is 4.81. The highest BCUT2D eigenvalue weighted by Gasteiger charge is 2.29. The number of esters is 2. The van der Waals surface area contributed by atoms with Crippen LogP contribution in [-0.2, 0) is 19.1 Å². The minimum Gasteiger partial charge on any atom is -0.469 e. The summed E-state index contributed by atoms with van der Waals surface area (Å²) in [6.45, 7) is 16.3. The maximum Gasteiger partial charge on any atom is 0.305 e. The predicted molar refractivity (Wildman–Crippen MR) is 209 cm³/mol. The average molecular weight is 906 g/mol. The Bertz CT molecular complexity index is 2170. The second kappa shape index (κ2) is 14.4. The van der Waals surface area contributed by atoms with Crippen LogP contribution in [0.3, 0.4) is 0 Å². The van der Waals surface area contributed by atoms with E-state index in [-0.39, 0.29) is 24.8 Å². The van der Waals surface area contributed by atoms with E-state index in [2.05, 4.69) is 86.8 Å². The third kappa shape index (κ3) is 6.14. The number of hydrogen-bond acceptors (Lipinski definition) is 6. The topological polar surface area (TPSA) is 110 Å². The number of halogens is 4. The van der Waals surface area contributed by atoms with Crippen LogP contribution < -0.4 is 0 Å². The third-order valence-electron chi connectivity index (χ3n) is 8.96. The van der Waals surface area contributed by atoms with E-state index in [0.29, 0.717) is 34.4 Å². The number of nitrogens with zero attached hydrogens (tertiary/aromatic N) is 2. The van der Waals surface area contributed by atoms with Gasteiger partial charge in [-0.05, 0) is 138 Å². The highest BCUT2D eigenvalue weighted by molar-refractivity contribution is 9.11. The fourth-order valence-corrected chi connectivity index (χ4v) is 9.06. The van der Waals surface area contributed by atoms with E-state index in [9.17, 15) is 9.59 Å². The molecule has 12 heteroatoms. The number of aromatic amines is 2. The fourth-order valence-electron chi connectivity index (χ4n) is 6.21. The fraction of sp³-hybridized carbons (Fsp3) is 0.278. The first kappa shape index (κ1) is 36.2. The molecule has 0 spiro atoms. The van der Waals surface area contributed by atoms with Gasteiger partial charge in [0, 0.05) is 24.0 Å². The van der Waals surface area contributed by atoms with Crippen LogP contribution in [-0.4, -0.2) is 46.1 Å². The Hall–Kier alpha value is -3.06. The van der Waals surface area contributed by atoms with Gasteiger partial charge < -0.3 is 19.4 Å². The Kier molecular flexibility index (Phi) is 10.9. The van der Waals surface area contributed by atoms with Crippen molar-refractivity contribution in [3.05, 3.63) is 76.1 Å². The van der Waals surface area contributed by atoms with Gasteiger partial charge in [0.2, 0.25) is 0 Å². The molecule has 8 nitrogen and oxygen atoms in total. The van der Waals surface area contributed by atoms with Gasteiger partial charge in [-0.1, -0.05) is 25.3 Å². The molecule has 2 N–H and O–H groups in total. The third-order valence-corrected chi connectivity index (χ3v) is 12.1. The molecule has 2 aliphatic rings. The molecular weight excluding hydrogens is 872 g/mol. The molecule has 0 radical (unpaired) electrons. The first-order valence-corrected chi connectivity index (χ1v) is 18.3. The Morgan fingerprint density at radius 1 is 0.625 bits per heavy atom. The molecule has 0 fully saturated rings. The standard InChI is InChI=1S/C36H34Br4N4O4/c1-9-19-15(3)29-25(37)31-17(5)21(11-13-23(45)47-7)35(43-31)28(40)36-22(12-14-24(46)48-8)18(6)32(44-36)27(39)34-20(10-2)16(4)30(42-34)26(38)33(19)41-29/h9-10,41-42H,1-2,11-14H2,3-8H3. The number of carbonyl (C=O) groups excluding carboxylic acids is 2. The first-order valence-electron chi connectivity index (χ1n) is 15.1. The van der Waals surface area contributed by atoms with Crippen molar-refractivity contribution >= 4 is 132 Å². The van der Waals surface area contributed by atoms with E-state index in [4.69, 9.17) is 19.4 Å². The number of methoxy groups -OCH3 is 2. The molecule has 48 heavy (non-hydrogen) atoms. The van der Waals surface area contributed by atoms with Gasteiger partial charge in [0.25, 0.3) is 0 Å². The summed E-state index contributed by atoms with van der Waals surface area (Å²) in [5.74, 6) is -0.636. The van der Waals surface area contributed by atoms with Gasteiger partial charge in [0.15, 0.2) is 0 Å². The van der Waals surface area contributed by atoms with Crippen molar-refractivity contribution in [1.29, 1.82) is 0 Å². The number of rotatable bonds is 8. The van der Waals surface area contributed by atoms with Crippen molar-refractivity contribution < 1.29 is 19.1 Å². The summed E-state index contributed by atoms with van der Waals surface area (Å²) < 4.78 is 12.9. The Morgan fingerprint density at radius 3 is 1.40 bits per heavy atom. The number of fused-ring (bicyclic) bond motifs is 8. The summed E-state index contributed by atoms with van der Waals surface area (Å²) in [5, 5.41) is 0. The maximum absolute atomic E-state index is 12.3. The Labute approximate surface area is 312 Å². The first-order chi connectivity index (χ1) is 22.8. The number of carbonyl (C=O) groups is 2. The van der Waals surface area contributed by atoms with E-state index < -0.39 is 0 Å². The van der Waals surface area contributed by atoms with Crippen LogP contribution in [0.5, 0.6) is 0 Å². The number of allylic oxidation sites excluding steroid dienone is 4. The number of ether oxygens (including phenoxy) is 2. The molecule has 0 atom stereocenters. The molecule has 0 amide bonds. The van der Waals surface area contributed by atoms with Crippen LogP contribution in [0.15, 0.2) is 31.0 Å². The minimum atomic E-state index is -0.319. The molecule has 0 aliphatic carbocycles. The van der Waals surface area contributed by atoms with Crippen LogP contribution in [0.4, 0.5) is 0 Å². The van der Waals surface area contributed by atoms with E-state index in [1.807, 2.05) is 39.8 Å². The number of hydrogen-bond donors (Lipinski definition) is 2. The second-order valence-corrected chi connectivity index (χ2v) is 14.6. The van der Waals surface area contributed by atoms with E-state index in [1.54, 1.807) is 0 Å². The zero-order chi connectivity index (χ0) is 35.2. The predicted octanol–water partition coefficient (Wildman–Crippen LogP) is 11.0. The molecule has 3 aromatic rings. The van der Waals surface area contributed by atoms with Crippen molar-refractivity contribution in [3.8, 4) is 0 Å². The van der Waals surface area contributed by atoms with Crippen molar-refractivity contribution in [2.45, 2.75) is 53.4 Å². The molecule has 5 rings (SSSR count). The van der Waals surface area contributed by atoms with Gasteiger partial charge in [0.1, 0.15) is 0 Å². The molecule has 8 bridgehead atoms. The lowest BCUT2D eigenvalue weighted by atomic mass is 9.98. The molecule has 0 aromatic carbocycles. The Morgan fingerprint density at radius 2 is 1.00 bits per heavy atom. The zero-order valence-corrected chi connectivity index (χ0v) is 33.8. The summed E-state index contributed by atoms with van der Waals surface area (Å²) in [5.41, 5.74) is 13.5. The molecular formula is C36H34Br4N4O4. The van der Waals surface area contributed by atoms with Gasteiger partial charge >= 0.3 is 11.9 Å². The van der Waals surface area contributed by atoms with Crippen LogP contribution in [0, 0.1) is 13.8 Å². The largest absolute Gasteiger partial charge is 0.469 e. The molecule has 0 saturated carbocycles. The second-order valence-electron chi connectivity index (χ2n) is 11.5. The summed E-state index contributed by atoms with van der Waals surface area (Å²) >= 11 is 15.6. The number of aryl methyl sites for hydroxylation is 2. The zero-order valence-electron chi connectivity index (χ0n) is 27.4. The lowest BCUT2D eigenvalue weighted by Gasteiger charge is -2.09. The van der Waals surface area contributed by atoms with Crippen LogP contribution in [0.2, 0.25) is 0 Å². The number of nitrogens with one attached hydrogen (secondary N) is 2. The van der Waals surface area contributed by atoms with E-state index >= 15 is 0 Å². The van der Waals surface area contributed by atoms with E-state index in [0.717, 1.165) is 85.7 Å². The van der Waals surface area contributed by atoms with E-state index in [1.165, 1.54) is 14.2 Å². The molecule has 0 saturated heterocycles. The summed E-state index contributed by atoms with van der Waals surface area (Å²) in [7, 11) is 2.77. The minimum absolute atomic E-state index is 0.173. The molecule has 3 aromatic heterocycles. The monoisotopic (exact) mass is 902 g/mol. The van der Waals surface area contributed by atoms with Crippen molar-refractivity contribution in [2.75, 3.05) is 14.2 Å². The lowest BCUT2D eigenvalue weighted by molar-refractivity contribution is -0.141. The summed E-state index contributed by atoms with van der Waals surface area (Å²) in [4.78, 5) is 42.3. The average Bonchev–Trinajstić information content (AvgIpc) is 3.80. The number of aromatic nitrogens is 4. The summed E-state index contributed by atoms with van der Waals surface area (Å²) in [6, 6.07) is 0. The highest BCUT2D eigenvalue weighted by Crippen LogP contribution is 2.46. The molecule has 250 valence electrons. The smallest absolute Gasteiger partial charge is 0.305 e. The van der Waals surface area contributed by atoms with Crippen LogP contribution in [0.25, 0.3) is 56.5 Å². The van der Waals surface area contributed by atoms with Crippen molar-refractivity contribution in [3.63, 3.8) is 0 Å². The normalized spacial score (nSPS) is 12.9. The van der Waals surface area contributed by atoms with Crippen LogP contribution >= 0.6 is 63.7 Å². The van der Waals surface area contributed by atoms with Crippen molar-refractivity contribution in [1.82, 2.24) is 19.9 Å². The molecule has 2 aliphatic heterocycles. The maximum atomic E-state index is 12.3.